The van der Waals surface area contributed by atoms with Crippen LogP contribution in [-0.4, -0.2) is 50.7 Å². The summed E-state index contributed by atoms with van der Waals surface area (Å²) in [5.74, 6) is -0.0656. The van der Waals surface area contributed by atoms with Crippen LogP contribution in [0.3, 0.4) is 0 Å². The second kappa shape index (κ2) is 6.44. The lowest BCUT2D eigenvalue weighted by atomic mass is 9.66. The third-order valence-electron chi connectivity index (χ3n) is 5.43. The molecule has 2 fully saturated rings. The van der Waals surface area contributed by atoms with E-state index in [0.717, 1.165) is 25.9 Å². The Balaban J connectivity index is 1.97. The van der Waals surface area contributed by atoms with Crippen LogP contribution < -0.4 is 5.32 Å². The van der Waals surface area contributed by atoms with Crippen LogP contribution in [0.1, 0.15) is 51.4 Å². The summed E-state index contributed by atoms with van der Waals surface area (Å²) < 4.78 is 5.09. The largest absolute Gasteiger partial charge is 0.468 e. The predicted octanol–water partition coefficient (Wildman–Crippen LogP) is 2.18. The molecule has 0 aromatic heterocycles. The molecule has 2 saturated carbocycles. The number of carbonyl (C=O) groups excluding carboxylic acids is 1. The number of esters is 1. The fraction of sp³-hybridized carbons (Fsp3) is 0.938. The van der Waals surface area contributed by atoms with E-state index in [-0.39, 0.29) is 5.97 Å². The molecule has 0 aliphatic heterocycles. The summed E-state index contributed by atoms with van der Waals surface area (Å²) in [5, 5.41) is 3.51. The zero-order valence-corrected chi connectivity index (χ0v) is 13.3. The highest BCUT2D eigenvalue weighted by Crippen LogP contribution is 2.51. The van der Waals surface area contributed by atoms with Crippen molar-refractivity contribution in [3.8, 4) is 0 Å². The van der Waals surface area contributed by atoms with Crippen molar-refractivity contribution in [3.63, 3.8) is 0 Å². The van der Waals surface area contributed by atoms with Gasteiger partial charge in [-0.2, -0.15) is 0 Å². The van der Waals surface area contributed by atoms with Crippen molar-refractivity contribution in [2.75, 3.05) is 34.3 Å². The van der Waals surface area contributed by atoms with Crippen molar-refractivity contribution in [2.45, 2.75) is 56.9 Å². The molecule has 0 atom stereocenters. The van der Waals surface area contributed by atoms with Crippen molar-refractivity contribution in [3.05, 3.63) is 0 Å². The molecule has 1 spiro atoms. The van der Waals surface area contributed by atoms with Gasteiger partial charge in [-0.05, 0) is 58.0 Å². The molecular formula is C16H30N2O2. The van der Waals surface area contributed by atoms with Crippen molar-refractivity contribution in [1.29, 1.82) is 0 Å². The maximum Gasteiger partial charge on any atom is 0.326 e. The maximum absolute atomic E-state index is 12.3. The predicted molar refractivity (Wildman–Crippen MR) is 80.7 cm³/mol. The van der Waals surface area contributed by atoms with Gasteiger partial charge in [0.05, 0.1) is 7.11 Å². The molecule has 116 valence electrons. The van der Waals surface area contributed by atoms with E-state index in [9.17, 15) is 4.79 Å². The fourth-order valence-corrected chi connectivity index (χ4v) is 4.00. The summed E-state index contributed by atoms with van der Waals surface area (Å²) >= 11 is 0. The maximum atomic E-state index is 12.3. The third kappa shape index (κ3) is 3.34. The first-order valence-corrected chi connectivity index (χ1v) is 8.00. The highest BCUT2D eigenvalue weighted by Gasteiger charge is 2.48. The van der Waals surface area contributed by atoms with E-state index in [2.05, 4.69) is 24.3 Å². The SMILES string of the molecule is COC(=O)C1(NCCN(C)C)CCC2(CCCC2)CC1. The molecule has 2 aliphatic rings. The molecule has 2 rings (SSSR count). The van der Waals surface area contributed by atoms with Gasteiger partial charge in [0.15, 0.2) is 0 Å². The van der Waals surface area contributed by atoms with E-state index in [1.165, 1.54) is 45.6 Å². The average molecular weight is 282 g/mol. The van der Waals surface area contributed by atoms with Gasteiger partial charge >= 0.3 is 5.97 Å². The number of nitrogens with zero attached hydrogens (tertiary/aromatic N) is 1. The van der Waals surface area contributed by atoms with Gasteiger partial charge in [-0.1, -0.05) is 12.8 Å². The van der Waals surface area contributed by atoms with Gasteiger partial charge in [0, 0.05) is 13.1 Å². The smallest absolute Gasteiger partial charge is 0.326 e. The van der Waals surface area contributed by atoms with Crippen molar-refractivity contribution in [1.82, 2.24) is 10.2 Å². The summed E-state index contributed by atoms with van der Waals surface area (Å²) in [7, 11) is 5.62. The minimum absolute atomic E-state index is 0.0656. The van der Waals surface area contributed by atoms with Crippen LogP contribution in [0.4, 0.5) is 0 Å². The minimum Gasteiger partial charge on any atom is -0.468 e. The number of hydrogen-bond donors (Lipinski definition) is 1. The van der Waals surface area contributed by atoms with E-state index in [0.29, 0.717) is 5.41 Å². The van der Waals surface area contributed by atoms with E-state index in [1.54, 1.807) is 0 Å². The second-order valence-electron chi connectivity index (χ2n) is 7.01. The molecule has 0 aromatic rings. The van der Waals surface area contributed by atoms with Crippen LogP contribution in [0.25, 0.3) is 0 Å². The van der Waals surface area contributed by atoms with Crippen molar-refractivity contribution < 1.29 is 9.53 Å². The van der Waals surface area contributed by atoms with E-state index >= 15 is 0 Å². The van der Waals surface area contributed by atoms with Crippen LogP contribution in [0.2, 0.25) is 0 Å². The summed E-state index contributed by atoms with van der Waals surface area (Å²) in [5.41, 5.74) is 0.110. The highest BCUT2D eigenvalue weighted by molar-refractivity contribution is 5.81. The monoisotopic (exact) mass is 282 g/mol. The Morgan fingerprint density at radius 3 is 2.20 bits per heavy atom. The van der Waals surface area contributed by atoms with Crippen molar-refractivity contribution >= 4 is 5.97 Å². The Kier molecular flexibility index (Phi) is 5.08. The summed E-state index contributed by atoms with van der Waals surface area (Å²) in [6.07, 6.45) is 9.71. The standard InChI is InChI=1S/C16H30N2O2/c1-18(2)13-12-17-16(14(19)20-3)10-8-15(9-11-16)6-4-5-7-15/h17H,4-13H2,1-3H3. The Labute approximate surface area is 123 Å². The van der Waals surface area contributed by atoms with Gasteiger partial charge in [-0.25, -0.2) is 0 Å². The molecule has 0 heterocycles. The molecule has 0 bridgehead atoms. The first-order valence-electron chi connectivity index (χ1n) is 8.00. The van der Waals surface area contributed by atoms with Crippen LogP contribution in [0.15, 0.2) is 0 Å². The first kappa shape index (κ1) is 15.8. The van der Waals surface area contributed by atoms with Gasteiger partial charge < -0.3 is 15.0 Å². The lowest BCUT2D eigenvalue weighted by Crippen LogP contribution is -2.57. The Morgan fingerprint density at radius 2 is 1.70 bits per heavy atom. The minimum atomic E-state index is -0.432. The molecule has 20 heavy (non-hydrogen) atoms. The van der Waals surface area contributed by atoms with E-state index in [4.69, 9.17) is 4.74 Å². The van der Waals surface area contributed by atoms with Gasteiger partial charge in [0.2, 0.25) is 0 Å². The molecule has 1 N–H and O–H groups in total. The Bertz CT molecular complexity index is 325. The number of nitrogens with one attached hydrogen (secondary N) is 1. The molecule has 0 aromatic carbocycles. The number of methoxy groups -OCH3 is 1. The molecule has 0 unspecified atom stereocenters. The van der Waals surface area contributed by atoms with Gasteiger partial charge in [-0.15, -0.1) is 0 Å². The van der Waals surface area contributed by atoms with Crippen LogP contribution in [0.5, 0.6) is 0 Å². The summed E-state index contributed by atoms with van der Waals surface area (Å²) in [4.78, 5) is 14.4. The van der Waals surface area contributed by atoms with Crippen LogP contribution >= 0.6 is 0 Å². The molecule has 0 radical (unpaired) electrons. The summed E-state index contributed by atoms with van der Waals surface area (Å²) in [6.45, 7) is 1.79. The van der Waals surface area contributed by atoms with E-state index in [1.807, 2.05) is 0 Å². The number of carbonyl (C=O) groups is 1. The summed E-state index contributed by atoms with van der Waals surface area (Å²) in [6, 6.07) is 0. The zero-order chi connectivity index (χ0) is 14.6. The number of likely N-dealkylation sites (N-methyl/N-ethyl adjacent to an activating group) is 1. The van der Waals surface area contributed by atoms with Crippen molar-refractivity contribution in [2.24, 2.45) is 5.41 Å². The number of rotatable bonds is 5. The zero-order valence-electron chi connectivity index (χ0n) is 13.3. The Hall–Kier alpha value is -0.610. The van der Waals surface area contributed by atoms with Gasteiger partial charge in [0.25, 0.3) is 0 Å². The third-order valence-corrected chi connectivity index (χ3v) is 5.43. The molecule has 0 amide bonds. The molecule has 4 nitrogen and oxygen atoms in total. The number of hydrogen-bond acceptors (Lipinski definition) is 4. The molecule has 0 saturated heterocycles. The van der Waals surface area contributed by atoms with Crippen LogP contribution in [-0.2, 0) is 9.53 Å². The molecule has 2 aliphatic carbocycles. The highest BCUT2D eigenvalue weighted by atomic mass is 16.5. The number of ether oxygens (including phenoxy) is 1. The van der Waals surface area contributed by atoms with Gasteiger partial charge in [-0.3, -0.25) is 4.79 Å². The quantitative estimate of drug-likeness (QED) is 0.785. The molecule has 4 heteroatoms. The normalized spacial score (nSPS) is 24.2. The Morgan fingerprint density at radius 1 is 1.10 bits per heavy atom. The lowest BCUT2D eigenvalue weighted by molar-refractivity contribution is -0.151. The topological polar surface area (TPSA) is 41.6 Å². The second-order valence-corrected chi connectivity index (χ2v) is 7.01. The van der Waals surface area contributed by atoms with Gasteiger partial charge in [0.1, 0.15) is 5.54 Å². The first-order chi connectivity index (χ1) is 9.52. The van der Waals surface area contributed by atoms with E-state index < -0.39 is 5.54 Å². The average Bonchev–Trinajstić information content (AvgIpc) is 2.89. The lowest BCUT2D eigenvalue weighted by Gasteiger charge is -2.44. The molecular weight excluding hydrogens is 252 g/mol. The van der Waals surface area contributed by atoms with Crippen LogP contribution in [0, 0.1) is 5.41 Å². The fourth-order valence-electron chi connectivity index (χ4n) is 4.00.